The van der Waals surface area contributed by atoms with Crippen molar-refractivity contribution in [3.63, 3.8) is 0 Å². The number of para-hydroxylation sites is 1. The molecule has 28 heavy (non-hydrogen) atoms. The van der Waals surface area contributed by atoms with Crippen LogP contribution in [0.5, 0.6) is 0 Å². The van der Waals surface area contributed by atoms with Gasteiger partial charge in [0.1, 0.15) is 6.04 Å². The molecule has 1 aliphatic heterocycles. The topological polar surface area (TPSA) is 79.4 Å². The fraction of sp³-hybridized carbons (Fsp3) is 0.238. The summed E-state index contributed by atoms with van der Waals surface area (Å²) >= 11 is 1.36. The van der Waals surface area contributed by atoms with Gasteiger partial charge in [-0.25, -0.2) is 4.98 Å². The van der Waals surface area contributed by atoms with Gasteiger partial charge in [0.25, 0.3) is 11.8 Å². The quantitative estimate of drug-likeness (QED) is 0.666. The van der Waals surface area contributed by atoms with E-state index in [9.17, 15) is 14.4 Å². The Morgan fingerprint density at radius 3 is 2.29 bits per heavy atom. The van der Waals surface area contributed by atoms with E-state index in [1.54, 1.807) is 24.3 Å². The Balaban J connectivity index is 1.66. The zero-order valence-electron chi connectivity index (χ0n) is 15.5. The average molecular weight is 393 g/mol. The molecule has 1 N–H and O–H groups in total. The lowest BCUT2D eigenvalue weighted by Gasteiger charge is -2.29. The summed E-state index contributed by atoms with van der Waals surface area (Å²) in [5.74, 6) is -1.45. The molecular weight excluding hydrogens is 374 g/mol. The molecule has 0 saturated heterocycles. The standard InChI is InChI=1S/C21H19N3O3S/c1-3-12(2)17(24-19(26)13-8-4-5-9-14(13)20(24)27)18(25)23-21-22-15-10-6-7-11-16(15)28-21/h4-12,17H,3H2,1-2H3,(H,22,23,25)/t12-,17+/m0/s1. The first-order valence-corrected chi connectivity index (χ1v) is 9.96. The third kappa shape index (κ3) is 2.97. The molecule has 0 saturated carbocycles. The van der Waals surface area contributed by atoms with Crippen molar-refractivity contribution in [3.8, 4) is 0 Å². The summed E-state index contributed by atoms with van der Waals surface area (Å²) in [5.41, 5.74) is 1.48. The maximum atomic E-state index is 13.1. The highest BCUT2D eigenvalue weighted by molar-refractivity contribution is 7.22. The molecule has 0 fully saturated rings. The number of benzene rings is 2. The number of carbonyl (C=O) groups is 3. The van der Waals surface area contributed by atoms with E-state index >= 15 is 0 Å². The van der Waals surface area contributed by atoms with Gasteiger partial charge >= 0.3 is 0 Å². The van der Waals surface area contributed by atoms with Crippen LogP contribution in [0.4, 0.5) is 5.13 Å². The van der Waals surface area contributed by atoms with Crippen molar-refractivity contribution >= 4 is 44.4 Å². The largest absolute Gasteiger partial charge is 0.300 e. The number of anilines is 1. The number of nitrogens with one attached hydrogen (secondary N) is 1. The van der Waals surface area contributed by atoms with E-state index in [2.05, 4.69) is 10.3 Å². The molecule has 3 amide bonds. The summed E-state index contributed by atoms with van der Waals surface area (Å²) in [6, 6.07) is 13.4. The molecule has 6 nitrogen and oxygen atoms in total. The van der Waals surface area contributed by atoms with Gasteiger partial charge < -0.3 is 5.32 Å². The van der Waals surface area contributed by atoms with Gasteiger partial charge in [0.2, 0.25) is 5.91 Å². The van der Waals surface area contributed by atoms with Gasteiger partial charge in [0.15, 0.2) is 5.13 Å². The Morgan fingerprint density at radius 1 is 1.07 bits per heavy atom. The SMILES string of the molecule is CC[C@H](C)[C@H](C(=O)Nc1nc2ccccc2s1)N1C(=O)c2ccccc2C1=O. The van der Waals surface area contributed by atoms with Gasteiger partial charge in [0, 0.05) is 0 Å². The van der Waals surface area contributed by atoms with Crippen molar-refractivity contribution in [2.24, 2.45) is 5.92 Å². The predicted molar refractivity (Wildman–Crippen MR) is 108 cm³/mol. The van der Waals surface area contributed by atoms with E-state index in [4.69, 9.17) is 0 Å². The molecule has 0 bridgehead atoms. The zero-order chi connectivity index (χ0) is 19.8. The fourth-order valence-electron chi connectivity index (χ4n) is 3.42. The number of fused-ring (bicyclic) bond motifs is 2. The summed E-state index contributed by atoms with van der Waals surface area (Å²) in [6.45, 7) is 3.80. The second kappa shape index (κ2) is 7.16. The first-order chi connectivity index (χ1) is 13.5. The van der Waals surface area contributed by atoms with E-state index in [1.165, 1.54) is 11.3 Å². The Kier molecular flexibility index (Phi) is 4.68. The number of imide groups is 1. The summed E-state index contributed by atoms with van der Waals surface area (Å²) in [7, 11) is 0. The Bertz CT molecular complexity index is 1020. The molecule has 0 radical (unpaired) electrons. The normalized spacial score (nSPS) is 15.6. The van der Waals surface area contributed by atoms with Crippen LogP contribution in [0.15, 0.2) is 48.5 Å². The molecular formula is C21H19N3O3S. The number of rotatable bonds is 5. The minimum atomic E-state index is -0.899. The Morgan fingerprint density at radius 2 is 1.68 bits per heavy atom. The van der Waals surface area contributed by atoms with E-state index in [0.717, 1.165) is 15.1 Å². The molecule has 0 spiro atoms. The number of aromatic nitrogens is 1. The lowest BCUT2D eigenvalue weighted by atomic mass is 9.96. The highest BCUT2D eigenvalue weighted by atomic mass is 32.1. The highest BCUT2D eigenvalue weighted by Crippen LogP contribution is 2.30. The van der Waals surface area contributed by atoms with E-state index in [-0.39, 0.29) is 5.92 Å². The molecule has 7 heteroatoms. The van der Waals surface area contributed by atoms with Gasteiger partial charge in [0.05, 0.1) is 21.3 Å². The fourth-order valence-corrected chi connectivity index (χ4v) is 4.29. The van der Waals surface area contributed by atoms with Gasteiger partial charge in [-0.3, -0.25) is 19.3 Å². The van der Waals surface area contributed by atoms with Gasteiger partial charge in [-0.05, 0) is 30.2 Å². The minimum absolute atomic E-state index is 0.198. The lowest BCUT2D eigenvalue weighted by molar-refractivity contribution is -0.121. The predicted octanol–water partition coefficient (Wildman–Crippen LogP) is 3.95. The van der Waals surface area contributed by atoms with Crippen LogP contribution in [-0.2, 0) is 4.79 Å². The van der Waals surface area contributed by atoms with E-state index < -0.39 is 23.8 Å². The van der Waals surface area contributed by atoms with E-state index in [0.29, 0.717) is 22.7 Å². The molecule has 2 atom stereocenters. The first-order valence-electron chi connectivity index (χ1n) is 9.14. The molecule has 2 aromatic carbocycles. The number of amides is 3. The first kappa shape index (κ1) is 18.3. The van der Waals surface area contributed by atoms with Crippen LogP contribution < -0.4 is 5.32 Å². The van der Waals surface area contributed by atoms with Crippen molar-refractivity contribution in [1.82, 2.24) is 9.88 Å². The van der Waals surface area contributed by atoms with Crippen LogP contribution in [0.3, 0.4) is 0 Å². The number of nitrogens with zero attached hydrogens (tertiary/aromatic N) is 2. The monoisotopic (exact) mass is 393 g/mol. The molecule has 1 aromatic heterocycles. The second-order valence-electron chi connectivity index (χ2n) is 6.83. The van der Waals surface area contributed by atoms with Crippen LogP contribution in [0.2, 0.25) is 0 Å². The highest BCUT2D eigenvalue weighted by Gasteiger charge is 2.44. The van der Waals surface area contributed by atoms with Crippen molar-refractivity contribution < 1.29 is 14.4 Å². The van der Waals surface area contributed by atoms with Gasteiger partial charge in [-0.1, -0.05) is 55.9 Å². The van der Waals surface area contributed by atoms with Gasteiger partial charge in [-0.2, -0.15) is 0 Å². The van der Waals surface area contributed by atoms with E-state index in [1.807, 2.05) is 38.1 Å². The average Bonchev–Trinajstić information content (AvgIpc) is 3.22. The number of hydrogen-bond donors (Lipinski definition) is 1. The molecule has 3 aromatic rings. The molecule has 1 aliphatic rings. The molecule has 2 heterocycles. The number of hydrogen-bond acceptors (Lipinski definition) is 5. The molecule has 4 rings (SSSR count). The van der Waals surface area contributed by atoms with Gasteiger partial charge in [-0.15, -0.1) is 0 Å². The van der Waals surface area contributed by atoms with Crippen molar-refractivity contribution in [2.75, 3.05) is 5.32 Å². The van der Waals surface area contributed by atoms with Crippen LogP contribution in [-0.4, -0.2) is 33.6 Å². The maximum absolute atomic E-state index is 13.1. The maximum Gasteiger partial charge on any atom is 0.262 e. The van der Waals surface area contributed by atoms with Crippen LogP contribution in [0.25, 0.3) is 10.2 Å². The number of thiazole rings is 1. The summed E-state index contributed by atoms with van der Waals surface area (Å²) in [6.07, 6.45) is 0.644. The number of carbonyl (C=O) groups excluding carboxylic acids is 3. The Hall–Kier alpha value is -3.06. The smallest absolute Gasteiger partial charge is 0.262 e. The lowest BCUT2D eigenvalue weighted by Crippen LogP contribution is -2.50. The molecule has 142 valence electrons. The summed E-state index contributed by atoms with van der Waals surface area (Å²) in [5, 5.41) is 3.27. The van der Waals surface area contributed by atoms with Crippen LogP contribution in [0, 0.1) is 5.92 Å². The van der Waals surface area contributed by atoms with Crippen molar-refractivity contribution in [2.45, 2.75) is 26.3 Å². The van der Waals surface area contributed by atoms with Crippen molar-refractivity contribution in [1.29, 1.82) is 0 Å². The second-order valence-corrected chi connectivity index (χ2v) is 7.86. The Labute approximate surface area is 166 Å². The summed E-state index contributed by atoms with van der Waals surface area (Å²) < 4.78 is 0.957. The van der Waals surface area contributed by atoms with Crippen LogP contribution in [0.1, 0.15) is 41.0 Å². The van der Waals surface area contributed by atoms with Crippen molar-refractivity contribution in [3.05, 3.63) is 59.7 Å². The molecule has 0 aliphatic carbocycles. The third-order valence-electron chi connectivity index (χ3n) is 5.08. The zero-order valence-corrected chi connectivity index (χ0v) is 16.3. The molecule has 0 unspecified atom stereocenters. The third-order valence-corrected chi connectivity index (χ3v) is 6.03. The van der Waals surface area contributed by atoms with Crippen LogP contribution >= 0.6 is 11.3 Å². The summed E-state index contributed by atoms with van der Waals surface area (Å²) in [4.78, 5) is 44.4. The minimum Gasteiger partial charge on any atom is -0.300 e.